The third-order valence-electron chi connectivity index (χ3n) is 3.67. The van der Waals surface area contributed by atoms with Gasteiger partial charge in [-0.15, -0.1) is 0 Å². The van der Waals surface area contributed by atoms with Crippen LogP contribution in [0.1, 0.15) is 33.8 Å². The van der Waals surface area contributed by atoms with Crippen LogP contribution >= 0.6 is 0 Å². The highest BCUT2D eigenvalue weighted by Crippen LogP contribution is 2.11. The second-order valence-electron chi connectivity index (χ2n) is 5.06. The van der Waals surface area contributed by atoms with Gasteiger partial charge in [0.1, 0.15) is 23.4 Å². The van der Waals surface area contributed by atoms with Crippen LogP contribution in [0, 0.1) is 43.4 Å². The van der Waals surface area contributed by atoms with Crippen LogP contribution in [0.15, 0.2) is 22.0 Å². The van der Waals surface area contributed by atoms with Crippen LogP contribution in [0.3, 0.4) is 0 Å². The van der Waals surface area contributed by atoms with Crippen molar-refractivity contribution in [1.82, 2.24) is 9.24 Å². The molecule has 2 heterocycles. The molecule has 0 aliphatic heterocycles. The van der Waals surface area contributed by atoms with E-state index in [9.17, 15) is 4.79 Å². The summed E-state index contributed by atoms with van der Waals surface area (Å²) < 4.78 is 2.96. The minimum absolute atomic E-state index is 0.0882. The topological polar surface area (TPSA) is 86.9 Å². The molecule has 0 aromatic carbocycles. The number of nitriles is 2. The molecule has 0 N–H and O–H groups in total. The van der Waals surface area contributed by atoms with Crippen molar-refractivity contribution >= 4 is 6.21 Å². The van der Waals surface area contributed by atoms with Crippen LogP contribution in [-0.4, -0.2) is 15.5 Å². The van der Waals surface area contributed by atoms with Gasteiger partial charge in [0.05, 0.1) is 6.21 Å². The van der Waals surface area contributed by atoms with Crippen molar-refractivity contribution in [2.24, 2.45) is 12.1 Å². The maximum Gasteiger partial charge on any atom is 0.289 e. The highest BCUT2D eigenvalue weighted by atomic mass is 16.1. The van der Waals surface area contributed by atoms with Gasteiger partial charge >= 0.3 is 0 Å². The van der Waals surface area contributed by atoms with E-state index in [0.717, 1.165) is 11.3 Å². The number of rotatable bonds is 2. The molecule has 0 saturated carbocycles. The molecule has 0 atom stereocenters. The van der Waals surface area contributed by atoms with Gasteiger partial charge in [0.2, 0.25) is 0 Å². The van der Waals surface area contributed by atoms with E-state index in [1.165, 1.54) is 10.9 Å². The molecular formula is C16H15N5O. The summed E-state index contributed by atoms with van der Waals surface area (Å²) in [6, 6.07) is 7.45. The second kappa shape index (κ2) is 5.71. The molecule has 6 heteroatoms. The molecule has 0 aliphatic carbocycles. The van der Waals surface area contributed by atoms with Crippen LogP contribution in [0.25, 0.3) is 0 Å². The zero-order valence-corrected chi connectivity index (χ0v) is 12.9. The molecule has 0 fully saturated rings. The summed E-state index contributed by atoms with van der Waals surface area (Å²) in [6.07, 6.45) is 1.53. The molecule has 110 valence electrons. The lowest BCUT2D eigenvalue weighted by atomic mass is 10.1. The lowest BCUT2D eigenvalue weighted by Crippen LogP contribution is -2.22. The summed E-state index contributed by atoms with van der Waals surface area (Å²) in [7, 11) is 1.79. The lowest BCUT2D eigenvalue weighted by molar-refractivity contribution is 0.786. The van der Waals surface area contributed by atoms with Gasteiger partial charge in [-0.3, -0.25) is 4.79 Å². The smallest absolute Gasteiger partial charge is 0.289 e. The molecule has 0 amide bonds. The summed E-state index contributed by atoms with van der Waals surface area (Å²) in [4.78, 5) is 12.2. The van der Waals surface area contributed by atoms with Gasteiger partial charge in [0.15, 0.2) is 0 Å². The van der Waals surface area contributed by atoms with Crippen molar-refractivity contribution in [2.45, 2.75) is 20.8 Å². The standard InChI is InChI=1S/C16H15N5O/c1-10-5-11(2)21(16(22)15(10)8-18)19-9-13-6-14(7-17)20(4)12(13)3/h5-6,9H,1-4H3. The van der Waals surface area contributed by atoms with Crippen molar-refractivity contribution in [3.05, 3.63) is 56.3 Å². The zero-order valence-electron chi connectivity index (χ0n) is 12.9. The Morgan fingerprint density at radius 1 is 1.18 bits per heavy atom. The molecule has 0 bridgehead atoms. The Kier molecular flexibility index (Phi) is 3.96. The first-order chi connectivity index (χ1) is 10.4. The summed E-state index contributed by atoms with van der Waals surface area (Å²) in [5, 5.41) is 22.3. The Bertz CT molecular complexity index is 916. The predicted molar refractivity (Wildman–Crippen MR) is 82.7 cm³/mol. The monoisotopic (exact) mass is 293 g/mol. The van der Waals surface area contributed by atoms with E-state index >= 15 is 0 Å². The van der Waals surface area contributed by atoms with Gasteiger partial charge in [0, 0.05) is 24.0 Å². The molecule has 2 aromatic heterocycles. The first-order valence-electron chi connectivity index (χ1n) is 6.64. The number of pyridine rings is 1. The minimum atomic E-state index is -0.439. The largest absolute Gasteiger partial charge is 0.339 e. The first kappa shape index (κ1) is 15.3. The van der Waals surface area contributed by atoms with Crippen molar-refractivity contribution in [3.63, 3.8) is 0 Å². The van der Waals surface area contributed by atoms with Crippen molar-refractivity contribution in [2.75, 3.05) is 0 Å². The van der Waals surface area contributed by atoms with E-state index in [1.807, 2.05) is 13.0 Å². The normalized spacial score (nSPS) is 10.6. The van der Waals surface area contributed by atoms with Crippen molar-refractivity contribution in [3.8, 4) is 12.1 Å². The molecule has 0 radical (unpaired) electrons. The van der Waals surface area contributed by atoms with Gasteiger partial charge in [-0.05, 0) is 38.5 Å². The van der Waals surface area contributed by atoms with Crippen LogP contribution < -0.4 is 5.56 Å². The van der Waals surface area contributed by atoms with Gasteiger partial charge < -0.3 is 4.57 Å². The molecule has 2 aromatic rings. The fourth-order valence-corrected chi connectivity index (χ4v) is 2.24. The van der Waals surface area contributed by atoms with Crippen molar-refractivity contribution < 1.29 is 0 Å². The summed E-state index contributed by atoms with van der Waals surface area (Å²) in [6.45, 7) is 5.35. The van der Waals surface area contributed by atoms with E-state index in [2.05, 4.69) is 11.2 Å². The van der Waals surface area contributed by atoms with Gasteiger partial charge in [-0.2, -0.15) is 15.6 Å². The molecule has 0 aliphatic rings. The van der Waals surface area contributed by atoms with Crippen LogP contribution in [0.4, 0.5) is 0 Å². The SMILES string of the molecule is Cc1cc(C)n(N=Cc2cc(C#N)n(C)c2C)c(=O)c1C#N. The van der Waals surface area contributed by atoms with Crippen LogP contribution in [-0.2, 0) is 7.05 Å². The molecule has 0 unspecified atom stereocenters. The van der Waals surface area contributed by atoms with E-state index in [1.54, 1.807) is 37.6 Å². The van der Waals surface area contributed by atoms with Crippen molar-refractivity contribution in [1.29, 1.82) is 10.5 Å². The molecule has 22 heavy (non-hydrogen) atoms. The summed E-state index contributed by atoms with van der Waals surface area (Å²) in [5.74, 6) is 0. The lowest BCUT2D eigenvalue weighted by Gasteiger charge is -2.06. The highest BCUT2D eigenvalue weighted by molar-refractivity contribution is 5.82. The first-order valence-corrected chi connectivity index (χ1v) is 6.64. The average molecular weight is 293 g/mol. The Balaban J connectivity index is 2.56. The molecule has 6 nitrogen and oxygen atoms in total. The Hall–Kier alpha value is -3.12. The molecule has 0 saturated heterocycles. The number of aromatic nitrogens is 2. The second-order valence-corrected chi connectivity index (χ2v) is 5.06. The fourth-order valence-electron chi connectivity index (χ4n) is 2.24. The van der Waals surface area contributed by atoms with Gasteiger partial charge in [-0.25, -0.2) is 4.68 Å². The van der Waals surface area contributed by atoms with E-state index in [-0.39, 0.29) is 5.56 Å². The maximum atomic E-state index is 12.2. The third-order valence-corrected chi connectivity index (χ3v) is 3.67. The maximum absolute atomic E-state index is 12.2. The predicted octanol–water partition coefficient (Wildman–Crippen LogP) is 1.74. The summed E-state index contributed by atoms with van der Waals surface area (Å²) in [5.41, 5.74) is 3.08. The molecule has 0 spiro atoms. The Labute approximate surface area is 128 Å². The third kappa shape index (κ3) is 2.43. The highest BCUT2D eigenvalue weighted by Gasteiger charge is 2.10. The average Bonchev–Trinajstić information content (AvgIpc) is 2.75. The zero-order chi connectivity index (χ0) is 16.4. The van der Waals surface area contributed by atoms with Crippen LogP contribution in [0.2, 0.25) is 0 Å². The summed E-state index contributed by atoms with van der Waals surface area (Å²) >= 11 is 0. The number of aryl methyl sites for hydroxylation is 2. The number of hydrogen-bond acceptors (Lipinski definition) is 4. The quantitative estimate of drug-likeness (QED) is 0.790. The number of nitrogens with zero attached hydrogens (tertiary/aromatic N) is 5. The molecule has 2 rings (SSSR count). The van der Waals surface area contributed by atoms with E-state index in [0.29, 0.717) is 17.0 Å². The van der Waals surface area contributed by atoms with E-state index in [4.69, 9.17) is 10.5 Å². The fraction of sp³-hybridized carbons (Fsp3) is 0.250. The Morgan fingerprint density at radius 2 is 1.86 bits per heavy atom. The Morgan fingerprint density at radius 3 is 2.41 bits per heavy atom. The van der Waals surface area contributed by atoms with Crippen LogP contribution in [0.5, 0.6) is 0 Å². The minimum Gasteiger partial charge on any atom is -0.339 e. The van der Waals surface area contributed by atoms with Gasteiger partial charge in [-0.1, -0.05) is 0 Å². The van der Waals surface area contributed by atoms with E-state index < -0.39 is 5.56 Å². The number of hydrogen-bond donors (Lipinski definition) is 0. The molecular weight excluding hydrogens is 278 g/mol. The van der Waals surface area contributed by atoms with Gasteiger partial charge in [0.25, 0.3) is 5.56 Å².